The normalized spacial score (nSPS) is 13.2. The molecule has 1 aliphatic heterocycles. The number of amides is 2. The Labute approximate surface area is 164 Å². The maximum Gasteiger partial charge on any atom is 0.266 e. The van der Waals surface area contributed by atoms with Crippen molar-refractivity contribution in [1.82, 2.24) is 0 Å². The van der Waals surface area contributed by atoms with Gasteiger partial charge in [-0.15, -0.1) is 0 Å². The van der Waals surface area contributed by atoms with Crippen LogP contribution in [0.1, 0.15) is 20.7 Å². The molecular formula is C20H8F5NO2S. The first-order valence-electron chi connectivity index (χ1n) is 8.08. The molecule has 1 heterocycles. The zero-order valence-electron chi connectivity index (χ0n) is 14.2. The van der Waals surface area contributed by atoms with Crippen LogP contribution in [0.2, 0.25) is 0 Å². The van der Waals surface area contributed by atoms with Crippen LogP contribution in [0.3, 0.4) is 0 Å². The lowest BCUT2D eigenvalue weighted by Gasteiger charge is -2.14. The van der Waals surface area contributed by atoms with Crippen LogP contribution < -0.4 is 4.90 Å². The Morgan fingerprint density at radius 2 is 1.07 bits per heavy atom. The summed E-state index contributed by atoms with van der Waals surface area (Å²) in [5.41, 5.74) is 0.702. The summed E-state index contributed by atoms with van der Waals surface area (Å²) >= 11 is 0.333. The molecule has 0 aliphatic carbocycles. The predicted octanol–water partition coefficient (Wildman–Crippen LogP) is 5.33. The highest BCUT2D eigenvalue weighted by molar-refractivity contribution is 7.99. The van der Waals surface area contributed by atoms with E-state index in [9.17, 15) is 31.5 Å². The van der Waals surface area contributed by atoms with Gasteiger partial charge in [-0.05, 0) is 36.4 Å². The van der Waals surface area contributed by atoms with Crippen LogP contribution in [0.4, 0.5) is 27.6 Å². The lowest BCUT2D eigenvalue weighted by molar-refractivity contribution is 0.0926. The van der Waals surface area contributed by atoms with Crippen LogP contribution in [0.5, 0.6) is 0 Å². The molecule has 3 aromatic carbocycles. The third kappa shape index (κ3) is 2.98. The number of halogens is 5. The average molecular weight is 421 g/mol. The van der Waals surface area contributed by atoms with Crippen molar-refractivity contribution < 1.29 is 31.5 Å². The number of nitrogens with zero attached hydrogens (tertiary/aromatic N) is 1. The highest BCUT2D eigenvalue weighted by Crippen LogP contribution is 2.37. The molecule has 4 rings (SSSR count). The van der Waals surface area contributed by atoms with Crippen LogP contribution >= 0.6 is 11.8 Å². The highest BCUT2D eigenvalue weighted by Gasteiger charge is 2.36. The number of benzene rings is 3. The van der Waals surface area contributed by atoms with E-state index in [0.717, 1.165) is 4.90 Å². The molecule has 0 N–H and O–H groups in total. The van der Waals surface area contributed by atoms with Crippen molar-refractivity contribution >= 4 is 29.3 Å². The van der Waals surface area contributed by atoms with Gasteiger partial charge in [0.2, 0.25) is 5.82 Å². The van der Waals surface area contributed by atoms with E-state index in [-0.39, 0.29) is 21.7 Å². The van der Waals surface area contributed by atoms with Gasteiger partial charge in [-0.1, -0.05) is 23.9 Å². The molecule has 1 aliphatic rings. The maximum absolute atomic E-state index is 13.8. The monoisotopic (exact) mass is 421 g/mol. The van der Waals surface area contributed by atoms with Crippen LogP contribution in [0, 0.1) is 29.1 Å². The second kappa shape index (κ2) is 7.00. The highest BCUT2D eigenvalue weighted by atomic mass is 32.2. The maximum atomic E-state index is 13.8. The van der Waals surface area contributed by atoms with Crippen molar-refractivity contribution in [3.05, 3.63) is 88.7 Å². The number of carbonyl (C=O) groups is 2. The first kappa shape index (κ1) is 19.1. The smallest absolute Gasteiger partial charge is 0.266 e. The SMILES string of the molecule is O=C1c2ccccc2C(=O)N1c1ccc(Sc2c(F)c(F)c(F)c(F)c2F)cc1. The fourth-order valence-electron chi connectivity index (χ4n) is 2.88. The van der Waals surface area contributed by atoms with Gasteiger partial charge in [0.1, 0.15) is 0 Å². The van der Waals surface area contributed by atoms with Gasteiger partial charge in [-0.3, -0.25) is 9.59 Å². The summed E-state index contributed by atoms with van der Waals surface area (Å²) in [4.78, 5) is 25.0. The lowest BCUT2D eigenvalue weighted by Crippen LogP contribution is -2.29. The van der Waals surface area contributed by atoms with Crippen LogP contribution in [-0.2, 0) is 0 Å². The van der Waals surface area contributed by atoms with E-state index < -0.39 is 45.8 Å². The minimum Gasteiger partial charge on any atom is -0.268 e. The largest absolute Gasteiger partial charge is 0.268 e. The number of hydrogen-bond acceptors (Lipinski definition) is 3. The third-order valence-corrected chi connectivity index (χ3v) is 5.35. The summed E-state index contributed by atoms with van der Waals surface area (Å²) < 4.78 is 67.5. The number of imide groups is 1. The lowest BCUT2D eigenvalue weighted by atomic mass is 10.1. The van der Waals surface area contributed by atoms with E-state index >= 15 is 0 Å². The first-order valence-corrected chi connectivity index (χ1v) is 8.90. The van der Waals surface area contributed by atoms with Gasteiger partial charge in [0.25, 0.3) is 11.8 Å². The molecule has 0 spiro atoms. The Balaban J connectivity index is 1.64. The van der Waals surface area contributed by atoms with E-state index in [2.05, 4.69) is 0 Å². The first-order chi connectivity index (χ1) is 13.8. The molecule has 0 aromatic heterocycles. The van der Waals surface area contributed by atoms with Gasteiger partial charge in [0.15, 0.2) is 23.3 Å². The fraction of sp³-hybridized carbons (Fsp3) is 0. The molecule has 0 unspecified atom stereocenters. The fourth-order valence-corrected chi connectivity index (χ4v) is 3.75. The molecule has 3 aromatic rings. The Morgan fingerprint density at radius 3 is 1.55 bits per heavy atom. The molecule has 3 nitrogen and oxygen atoms in total. The summed E-state index contributed by atoms with van der Waals surface area (Å²) in [6, 6.07) is 11.6. The van der Waals surface area contributed by atoms with Crippen molar-refractivity contribution in [2.45, 2.75) is 9.79 Å². The van der Waals surface area contributed by atoms with E-state index in [0.29, 0.717) is 11.8 Å². The van der Waals surface area contributed by atoms with Crippen molar-refractivity contribution in [1.29, 1.82) is 0 Å². The van der Waals surface area contributed by atoms with Crippen LogP contribution in [0.25, 0.3) is 0 Å². The van der Waals surface area contributed by atoms with Crippen molar-refractivity contribution in [2.75, 3.05) is 4.90 Å². The molecule has 29 heavy (non-hydrogen) atoms. The van der Waals surface area contributed by atoms with E-state index in [4.69, 9.17) is 0 Å². The Hall–Kier alpha value is -3.20. The summed E-state index contributed by atoms with van der Waals surface area (Å²) in [7, 11) is 0. The van der Waals surface area contributed by atoms with Gasteiger partial charge < -0.3 is 0 Å². The molecular weight excluding hydrogens is 413 g/mol. The minimum absolute atomic E-state index is 0.147. The molecule has 0 saturated carbocycles. The van der Waals surface area contributed by atoms with Crippen molar-refractivity contribution in [2.24, 2.45) is 0 Å². The van der Waals surface area contributed by atoms with Gasteiger partial charge in [-0.25, -0.2) is 26.9 Å². The van der Waals surface area contributed by atoms with Crippen LogP contribution in [0.15, 0.2) is 58.3 Å². The molecule has 0 radical (unpaired) electrons. The summed E-state index contributed by atoms with van der Waals surface area (Å²) in [6.07, 6.45) is 0. The molecule has 0 bridgehead atoms. The topological polar surface area (TPSA) is 37.4 Å². The molecule has 2 amide bonds. The molecule has 0 saturated heterocycles. The average Bonchev–Trinajstić information content (AvgIpc) is 2.99. The summed E-state index contributed by atoms with van der Waals surface area (Å²) in [5, 5.41) is 0. The Morgan fingerprint density at radius 1 is 0.621 bits per heavy atom. The third-order valence-electron chi connectivity index (χ3n) is 4.28. The van der Waals surface area contributed by atoms with Crippen molar-refractivity contribution in [3.63, 3.8) is 0 Å². The quantitative estimate of drug-likeness (QED) is 0.248. The van der Waals surface area contributed by atoms with Crippen molar-refractivity contribution in [3.8, 4) is 0 Å². The zero-order chi connectivity index (χ0) is 20.9. The Bertz CT molecular complexity index is 1120. The number of fused-ring (bicyclic) bond motifs is 1. The molecule has 146 valence electrons. The second-order valence-electron chi connectivity index (χ2n) is 5.99. The Kier molecular flexibility index (Phi) is 4.62. The van der Waals surface area contributed by atoms with E-state index in [1.165, 1.54) is 36.4 Å². The molecule has 0 fully saturated rings. The van der Waals surface area contributed by atoms with Gasteiger partial charge in [0, 0.05) is 4.90 Å². The van der Waals surface area contributed by atoms with E-state index in [1.54, 1.807) is 12.1 Å². The van der Waals surface area contributed by atoms with Gasteiger partial charge in [-0.2, -0.15) is 0 Å². The van der Waals surface area contributed by atoms with Crippen LogP contribution in [-0.4, -0.2) is 11.8 Å². The van der Waals surface area contributed by atoms with Gasteiger partial charge >= 0.3 is 0 Å². The summed E-state index contributed by atoms with van der Waals surface area (Å²) in [5.74, 6) is -11.2. The number of anilines is 1. The molecule has 0 atom stereocenters. The predicted molar refractivity (Wildman–Crippen MR) is 94.4 cm³/mol. The minimum atomic E-state index is -2.23. The molecule has 9 heteroatoms. The number of rotatable bonds is 3. The second-order valence-corrected chi connectivity index (χ2v) is 7.07. The number of carbonyl (C=O) groups excluding carboxylic acids is 2. The zero-order valence-corrected chi connectivity index (χ0v) is 15.0. The van der Waals surface area contributed by atoms with Gasteiger partial charge in [0.05, 0.1) is 21.7 Å². The standard InChI is InChI=1S/C20H8F5NO2S/c21-13-14(22)16(24)18(17(25)15(13)23)29-10-7-5-9(6-8-10)26-19(27)11-3-1-2-4-12(11)20(26)28/h1-8H. The van der Waals surface area contributed by atoms with E-state index in [1.807, 2.05) is 0 Å². The number of hydrogen-bond donors (Lipinski definition) is 0. The summed E-state index contributed by atoms with van der Waals surface area (Å²) in [6.45, 7) is 0.